The highest BCUT2D eigenvalue weighted by molar-refractivity contribution is 6.36. The Kier molecular flexibility index (Phi) is 4.70. The minimum atomic E-state index is -0.564. The van der Waals surface area contributed by atoms with Crippen molar-refractivity contribution in [2.75, 3.05) is 12.4 Å². The number of nitrogens with one attached hydrogen (secondary N) is 3. The molecule has 0 unspecified atom stereocenters. The first-order valence-electron chi connectivity index (χ1n) is 8.13. The van der Waals surface area contributed by atoms with E-state index in [0.29, 0.717) is 32.5 Å². The third kappa shape index (κ3) is 3.19. The second kappa shape index (κ2) is 7.18. The van der Waals surface area contributed by atoms with Gasteiger partial charge in [0.05, 0.1) is 28.8 Å². The number of rotatable bonds is 4. The summed E-state index contributed by atoms with van der Waals surface area (Å²) in [5.41, 5.74) is 1.33. The molecular weight excluding hydrogens is 406 g/mol. The van der Waals surface area contributed by atoms with E-state index < -0.39 is 11.4 Å². The van der Waals surface area contributed by atoms with Gasteiger partial charge >= 0.3 is 0 Å². The molecule has 0 bridgehead atoms. The SMILES string of the molecule is COc1[nH]c(=O)c(-c2cc(Cl)ccc2F)cc1Nc1ccnc2[nH]cc(Cl)c12. The van der Waals surface area contributed by atoms with Crippen LogP contribution in [0.25, 0.3) is 22.2 Å². The molecule has 3 N–H and O–H groups in total. The number of hydrogen-bond donors (Lipinski definition) is 3. The minimum absolute atomic E-state index is 0.0824. The number of benzene rings is 1. The van der Waals surface area contributed by atoms with Crippen molar-refractivity contribution in [2.45, 2.75) is 0 Å². The fourth-order valence-electron chi connectivity index (χ4n) is 2.94. The van der Waals surface area contributed by atoms with Crippen molar-refractivity contribution in [3.63, 3.8) is 0 Å². The van der Waals surface area contributed by atoms with Crippen molar-refractivity contribution < 1.29 is 9.13 Å². The first-order chi connectivity index (χ1) is 13.5. The van der Waals surface area contributed by atoms with E-state index in [-0.39, 0.29) is 17.0 Å². The number of anilines is 2. The summed E-state index contributed by atoms with van der Waals surface area (Å²) in [6.45, 7) is 0. The van der Waals surface area contributed by atoms with Crippen LogP contribution in [0, 0.1) is 5.82 Å². The van der Waals surface area contributed by atoms with Crippen LogP contribution in [0.1, 0.15) is 0 Å². The summed E-state index contributed by atoms with van der Waals surface area (Å²) in [6, 6.07) is 7.25. The lowest BCUT2D eigenvalue weighted by Gasteiger charge is -2.14. The number of nitrogens with zero attached hydrogens (tertiary/aromatic N) is 1. The average molecular weight is 419 g/mol. The number of aromatic amines is 2. The van der Waals surface area contributed by atoms with E-state index in [9.17, 15) is 9.18 Å². The van der Waals surface area contributed by atoms with Gasteiger partial charge in [-0.1, -0.05) is 23.2 Å². The Balaban J connectivity index is 1.88. The van der Waals surface area contributed by atoms with Gasteiger partial charge in [-0.25, -0.2) is 9.37 Å². The van der Waals surface area contributed by atoms with E-state index in [2.05, 4.69) is 20.3 Å². The first-order valence-corrected chi connectivity index (χ1v) is 8.89. The zero-order chi connectivity index (χ0) is 19.8. The van der Waals surface area contributed by atoms with Gasteiger partial charge in [0, 0.05) is 23.0 Å². The molecular formula is C19H13Cl2FN4O2. The topological polar surface area (TPSA) is 82.8 Å². The van der Waals surface area contributed by atoms with Gasteiger partial charge in [-0.05, 0) is 30.3 Å². The van der Waals surface area contributed by atoms with Gasteiger partial charge in [-0.2, -0.15) is 0 Å². The molecule has 3 aromatic heterocycles. The monoisotopic (exact) mass is 418 g/mol. The van der Waals surface area contributed by atoms with Crippen LogP contribution >= 0.6 is 23.2 Å². The number of pyridine rings is 2. The molecule has 0 saturated carbocycles. The maximum Gasteiger partial charge on any atom is 0.258 e. The van der Waals surface area contributed by atoms with Crippen LogP contribution in [-0.2, 0) is 0 Å². The molecule has 0 atom stereocenters. The Bertz CT molecular complexity index is 1250. The maximum atomic E-state index is 14.3. The second-order valence-corrected chi connectivity index (χ2v) is 6.77. The largest absolute Gasteiger partial charge is 0.481 e. The Morgan fingerprint density at radius 3 is 2.75 bits per heavy atom. The van der Waals surface area contributed by atoms with E-state index in [1.54, 1.807) is 18.5 Å². The molecule has 4 aromatic rings. The van der Waals surface area contributed by atoms with Crippen molar-refractivity contribution in [3.05, 3.63) is 68.9 Å². The number of H-pyrrole nitrogens is 2. The normalized spacial score (nSPS) is 11.0. The van der Waals surface area contributed by atoms with Crippen LogP contribution in [0.2, 0.25) is 10.0 Å². The first kappa shape index (κ1) is 18.3. The summed E-state index contributed by atoms with van der Waals surface area (Å²) in [7, 11) is 1.42. The lowest BCUT2D eigenvalue weighted by molar-refractivity contribution is 0.399. The van der Waals surface area contributed by atoms with Crippen LogP contribution < -0.4 is 15.6 Å². The third-order valence-corrected chi connectivity index (χ3v) is 4.76. The van der Waals surface area contributed by atoms with Gasteiger partial charge in [0.2, 0.25) is 5.88 Å². The molecule has 0 aliphatic carbocycles. The molecule has 28 heavy (non-hydrogen) atoms. The summed E-state index contributed by atoms with van der Waals surface area (Å²) >= 11 is 12.2. The highest BCUT2D eigenvalue weighted by atomic mass is 35.5. The molecule has 0 aliphatic heterocycles. The van der Waals surface area contributed by atoms with Crippen molar-refractivity contribution >= 4 is 45.6 Å². The van der Waals surface area contributed by atoms with Gasteiger partial charge in [0.25, 0.3) is 5.56 Å². The van der Waals surface area contributed by atoms with Gasteiger partial charge in [0.1, 0.15) is 17.2 Å². The number of ether oxygens (including phenoxy) is 1. The zero-order valence-electron chi connectivity index (χ0n) is 14.4. The molecule has 0 fully saturated rings. The highest BCUT2D eigenvalue weighted by Gasteiger charge is 2.16. The van der Waals surface area contributed by atoms with Crippen molar-refractivity contribution in [3.8, 4) is 17.0 Å². The van der Waals surface area contributed by atoms with Gasteiger partial charge < -0.3 is 15.0 Å². The Labute approximate surface area is 168 Å². The molecule has 0 saturated heterocycles. The summed E-state index contributed by atoms with van der Waals surface area (Å²) in [5.74, 6) is -0.376. The van der Waals surface area contributed by atoms with E-state index in [1.165, 1.54) is 31.4 Å². The van der Waals surface area contributed by atoms with Crippen LogP contribution in [-0.4, -0.2) is 22.1 Å². The zero-order valence-corrected chi connectivity index (χ0v) is 16.0. The third-order valence-electron chi connectivity index (χ3n) is 4.22. The van der Waals surface area contributed by atoms with Crippen LogP contribution in [0.3, 0.4) is 0 Å². The van der Waals surface area contributed by atoms with Crippen LogP contribution in [0.15, 0.2) is 47.5 Å². The van der Waals surface area contributed by atoms with E-state index in [4.69, 9.17) is 27.9 Å². The molecule has 0 aliphatic rings. The number of fused-ring (bicyclic) bond motifs is 1. The maximum absolute atomic E-state index is 14.3. The molecule has 142 valence electrons. The average Bonchev–Trinajstić information content (AvgIpc) is 3.07. The lowest BCUT2D eigenvalue weighted by atomic mass is 10.1. The highest BCUT2D eigenvalue weighted by Crippen LogP contribution is 2.35. The molecule has 3 heterocycles. The Morgan fingerprint density at radius 2 is 1.96 bits per heavy atom. The molecule has 6 nitrogen and oxygen atoms in total. The van der Waals surface area contributed by atoms with Crippen molar-refractivity contribution in [2.24, 2.45) is 0 Å². The molecule has 1 aromatic carbocycles. The predicted octanol–water partition coefficient (Wildman–Crippen LogP) is 5.12. The number of halogens is 3. The Morgan fingerprint density at radius 1 is 1.14 bits per heavy atom. The molecule has 9 heteroatoms. The lowest BCUT2D eigenvalue weighted by Crippen LogP contribution is -2.12. The number of methoxy groups -OCH3 is 1. The van der Waals surface area contributed by atoms with E-state index >= 15 is 0 Å². The van der Waals surface area contributed by atoms with Gasteiger partial charge in [0.15, 0.2) is 0 Å². The van der Waals surface area contributed by atoms with Crippen molar-refractivity contribution in [1.82, 2.24) is 15.0 Å². The second-order valence-electron chi connectivity index (χ2n) is 5.93. The molecule has 0 spiro atoms. The van der Waals surface area contributed by atoms with Gasteiger partial charge in [-0.3, -0.25) is 9.78 Å². The smallest absolute Gasteiger partial charge is 0.258 e. The van der Waals surface area contributed by atoms with E-state index in [1.807, 2.05) is 0 Å². The number of hydrogen-bond acceptors (Lipinski definition) is 4. The molecule has 4 rings (SSSR count). The molecule has 0 amide bonds. The predicted molar refractivity (Wildman–Crippen MR) is 108 cm³/mol. The Hall–Kier alpha value is -3.03. The number of aromatic nitrogens is 3. The summed E-state index contributed by atoms with van der Waals surface area (Å²) in [5, 5.41) is 4.64. The van der Waals surface area contributed by atoms with Crippen LogP contribution in [0.4, 0.5) is 15.8 Å². The van der Waals surface area contributed by atoms with Gasteiger partial charge in [-0.15, -0.1) is 0 Å². The fraction of sp³-hybridized carbons (Fsp3) is 0.0526. The quantitative estimate of drug-likeness (QED) is 0.429. The summed E-state index contributed by atoms with van der Waals surface area (Å²) in [4.78, 5) is 22.3. The van der Waals surface area contributed by atoms with Crippen molar-refractivity contribution in [1.29, 1.82) is 0 Å². The minimum Gasteiger partial charge on any atom is -0.481 e. The summed E-state index contributed by atoms with van der Waals surface area (Å²) in [6.07, 6.45) is 3.23. The van der Waals surface area contributed by atoms with E-state index in [0.717, 1.165) is 0 Å². The molecule has 0 radical (unpaired) electrons. The summed E-state index contributed by atoms with van der Waals surface area (Å²) < 4.78 is 19.6. The fourth-order valence-corrected chi connectivity index (χ4v) is 3.36. The standard InChI is InChI=1S/C19H13Cl2FN4O2/c1-28-19-15(25-14-4-5-23-17-16(14)12(21)8-24-17)7-11(18(27)26-19)10-6-9(20)2-3-13(10)22/h2-8H,1H3,(H,26,27)(H2,23,24,25). The van der Waals surface area contributed by atoms with Crippen LogP contribution in [0.5, 0.6) is 5.88 Å².